The molecule has 0 radical (unpaired) electrons. The Morgan fingerprint density at radius 3 is 2.45 bits per heavy atom. The number of ether oxygens (including phenoxy) is 2. The van der Waals surface area contributed by atoms with E-state index in [-0.39, 0.29) is 10.6 Å². The fourth-order valence-corrected chi connectivity index (χ4v) is 3.67. The summed E-state index contributed by atoms with van der Waals surface area (Å²) in [4.78, 5) is 11.1. The average Bonchev–Trinajstić information content (AvgIpc) is 2.71. The Labute approximate surface area is 195 Å². The molecule has 3 aromatic carbocycles. The molecule has 3 rings (SSSR count). The van der Waals surface area contributed by atoms with Gasteiger partial charge < -0.3 is 19.9 Å². The molecule has 0 unspecified atom stereocenters. The number of anilines is 1. The molecule has 162 valence electrons. The van der Waals surface area contributed by atoms with Crippen LogP contribution in [0.5, 0.6) is 11.5 Å². The first-order chi connectivity index (χ1) is 14.9. The molecular weight excluding hydrogens is 461 g/mol. The lowest BCUT2D eigenvalue weighted by atomic mass is 10.1. The number of hydrogen-bond donors (Lipinski definition) is 2. The molecule has 0 amide bonds. The highest BCUT2D eigenvalue weighted by Crippen LogP contribution is 2.37. The van der Waals surface area contributed by atoms with E-state index in [2.05, 4.69) is 5.32 Å². The van der Waals surface area contributed by atoms with Crippen LogP contribution in [0.1, 0.15) is 28.4 Å². The molecule has 0 saturated carbocycles. The summed E-state index contributed by atoms with van der Waals surface area (Å²) >= 11 is 18.5. The Morgan fingerprint density at radius 2 is 1.77 bits per heavy atom. The third-order valence-corrected chi connectivity index (χ3v) is 5.17. The molecule has 0 bridgehead atoms. The van der Waals surface area contributed by atoms with Crippen molar-refractivity contribution >= 4 is 46.5 Å². The zero-order valence-corrected chi connectivity index (χ0v) is 18.9. The molecule has 0 spiro atoms. The van der Waals surface area contributed by atoms with Crippen LogP contribution in [-0.4, -0.2) is 17.7 Å². The van der Waals surface area contributed by atoms with Crippen LogP contribution in [0.3, 0.4) is 0 Å². The van der Waals surface area contributed by atoms with Gasteiger partial charge in [0.05, 0.1) is 22.2 Å². The number of rotatable bonds is 9. The van der Waals surface area contributed by atoms with E-state index in [0.717, 1.165) is 11.1 Å². The van der Waals surface area contributed by atoms with Crippen LogP contribution in [0, 0.1) is 0 Å². The zero-order valence-electron chi connectivity index (χ0n) is 16.6. The monoisotopic (exact) mass is 479 g/mol. The van der Waals surface area contributed by atoms with Crippen molar-refractivity contribution in [1.29, 1.82) is 0 Å². The van der Waals surface area contributed by atoms with Gasteiger partial charge in [0, 0.05) is 17.3 Å². The van der Waals surface area contributed by atoms with Gasteiger partial charge in [0.25, 0.3) is 0 Å². The Kier molecular flexibility index (Phi) is 7.91. The smallest absolute Gasteiger partial charge is 0.337 e. The minimum Gasteiger partial charge on any atom is -0.490 e. The van der Waals surface area contributed by atoms with Crippen LogP contribution in [0.25, 0.3) is 0 Å². The molecule has 31 heavy (non-hydrogen) atoms. The summed E-state index contributed by atoms with van der Waals surface area (Å²) in [6.07, 6.45) is 0. The van der Waals surface area contributed by atoms with E-state index < -0.39 is 5.97 Å². The van der Waals surface area contributed by atoms with Crippen molar-refractivity contribution in [3.8, 4) is 11.5 Å². The molecule has 0 aromatic heterocycles. The van der Waals surface area contributed by atoms with E-state index in [0.29, 0.717) is 47.0 Å². The molecule has 0 aliphatic rings. The van der Waals surface area contributed by atoms with Gasteiger partial charge in [-0.1, -0.05) is 46.9 Å². The van der Waals surface area contributed by atoms with Crippen LogP contribution < -0.4 is 14.8 Å². The maximum Gasteiger partial charge on any atom is 0.337 e. The minimum atomic E-state index is -1.07. The van der Waals surface area contributed by atoms with Gasteiger partial charge in [-0.15, -0.1) is 0 Å². The predicted octanol–water partition coefficient (Wildman–Crippen LogP) is 6.93. The number of benzene rings is 3. The van der Waals surface area contributed by atoms with Gasteiger partial charge >= 0.3 is 5.97 Å². The first kappa shape index (κ1) is 23.1. The summed E-state index contributed by atoms with van der Waals surface area (Å²) in [7, 11) is 0. The van der Waals surface area contributed by atoms with Crippen molar-refractivity contribution in [1.82, 2.24) is 0 Å². The standard InChI is InChI=1S/C23H20Cl3NO4/c1-2-30-21-10-15(12-27-17-6-7-18(23(28)29)19(25)11-17)9-20(26)22(21)31-13-14-4-3-5-16(24)8-14/h3-11,27H,2,12-13H2,1H3,(H,28,29). The SMILES string of the molecule is CCOc1cc(CNc2ccc(C(=O)O)c(Cl)c2)cc(Cl)c1OCc1cccc(Cl)c1. The lowest BCUT2D eigenvalue weighted by Gasteiger charge is -2.16. The highest BCUT2D eigenvalue weighted by molar-refractivity contribution is 6.34. The largest absolute Gasteiger partial charge is 0.490 e. The molecule has 0 atom stereocenters. The summed E-state index contributed by atoms with van der Waals surface area (Å²) in [6, 6.07) is 15.7. The summed E-state index contributed by atoms with van der Waals surface area (Å²) < 4.78 is 11.7. The summed E-state index contributed by atoms with van der Waals surface area (Å²) in [6.45, 7) is 3.06. The lowest BCUT2D eigenvalue weighted by Crippen LogP contribution is -2.04. The number of carbonyl (C=O) groups is 1. The quantitative estimate of drug-likeness (QED) is 0.347. The number of aromatic carboxylic acids is 1. The van der Waals surface area contributed by atoms with Crippen LogP contribution in [0.15, 0.2) is 54.6 Å². The molecule has 8 heteroatoms. The normalized spacial score (nSPS) is 10.6. The van der Waals surface area contributed by atoms with Gasteiger partial charge in [0.15, 0.2) is 11.5 Å². The Hall–Kier alpha value is -2.60. The van der Waals surface area contributed by atoms with Gasteiger partial charge in [-0.3, -0.25) is 0 Å². The van der Waals surface area contributed by atoms with E-state index in [9.17, 15) is 4.79 Å². The molecule has 5 nitrogen and oxygen atoms in total. The number of carboxylic acids is 1. The highest BCUT2D eigenvalue weighted by atomic mass is 35.5. The van der Waals surface area contributed by atoms with Crippen molar-refractivity contribution in [3.63, 3.8) is 0 Å². The van der Waals surface area contributed by atoms with Crippen LogP contribution in [0.2, 0.25) is 15.1 Å². The topological polar surface area (TPSA) is 67.8 Å². The van der Waals surface area contributed by atoms with E-state index >= 15 is 0 Å². The van der Waals surface area contributed by atoms with E-state index in [4.69, 9.17) is 49.4 Å². The predicted molar refractivity (Wildman–Crippen MR) is 124 cm³/mol. The molecule has 0 saturated heterocycles. The number of nitrogens with one attached hydrogen (secondary N) is 1. The molecular formula is C23H20Cl3NO4. The lowest BCUT2D eigenvalue weighted by molar-refractivity contribution is 0.0697. The van der Waals surface area contributed by atoms with E-state index in [1.54, 1.807) is 24.3 Å². The first-order valence-electron chi connectivity index (χ1n) is 9.46. The number of halogens is 3. The van der Waals surface area contributed by atoms with E-state index in [1.165, 1.54) is 6.07 Å². The van der Waals surface area contributed by atoms with Crippen molar-refractivity contribution in [3.05, 3.63) is 86.4 Å². The van der Waals surface area contributed by atoms with Crippen molar-refractivity contribution in [2.24, 2.45) is 0 Å². The Bertz CT molecular complexity index is 1090. The second kappa shape index (κ2) is 10.6. The van der Waals surface area contributed by atoms with Gasteiger partial charge in [-0.2, -0.15) is 0 Å². The van der Waals surface area contributed by atoms with Crippen molar-refractivity contribution < 1.29 is 19.4 Å². The summed E-state index contributed by atoms with van der Waals surface area (Å²) in [5.74, 6) is -0.0766. The first-order valence-corrected chi connectivity index (χ1v) is 10.6. The maximum atomic E-state index is 11.1. The molecule has 0 aliphatic heterocycles. The molecule has 0 fully saturated rings. The average molecular weight is 481 g/mol. The van der Waals surface area contributed by atoms with Crippen LogP contribution in [0.4, 0.5) is 5.69 Å². The fourth-order valence-electron chi connectivity index (χ4n) is 2.91. The highest BCUT2D eigenvalue weighted by Gasteiger charge is 2.14. The van der Waals surface area contributed by atoms with Crippen molar-refractivity contribution in [2.45, 2.75) is 20.1 Å². The second-order valence-electron chi connectivity index (χ2n) is 6.61. The second-order valence-corrected chi connectivity index (χ2v) is 7.86. The van der Waals surface area contributed by atoms with Gasteiger partial charge in [0.1, 0.15) is 6.61 Å². The Morgan fingerprint density at radius 1 is 0.968 bits per heavy atom. The summed E-state index contributed by atoms with van der Waals surface area (Å²) in [5, 5.41) is 13.5. The third-order valence-electron chi connectivity index (χ3n) is 4.34. The maximum absolute atomic E-state index is 11.1. The zero-order chi connectivity index (χ0) is 22.4. The fraction of sp³-hybridized carbons (Fsp3) is 0.174. The Balaban J connectivity index is 1.74. The van der Waals surface area contributed by atoms with Gasteiger partial charge in [-0.05, 0) is 60.5 Å². The molecule has 3 aromatic rings. The third kappa shape index (κ3) is 6.20. The molecule has 2 N–H and O–H groups in total. The molecule has 0 aliphatic carbocycles. The number of carboxylic acid groups (broad SMARTS) is 1. The van der Waals surface area contributed by atoms with Gasteiger partial charge in [-0.25, -0.2) is 4.79 Å². The van der Waals surface area contributed by atoms with Crippen LogP contribution >= 0.6 is 34.8 Å². The number of hydrogen-bond acceptors (Lipinski definition) is 4. The molecule has 0 heterocycles. The van der Waals surface area contributed by atoms with Crippen LogP contribution in [-0.2, 0) is 13.2 Å². The summed E-state index contributed by atoms with van der Waals surface area (Å²) in [5.41, 5.74) is 2.51. The minimum absolute atomic E-state index is 0.0510. The van der Waals surface area contributed by atoms with Gasteiger partial charge in [0.2, 0.25) is 0 Å². The van der Waals surface area contributed by atoms with E-state index in [1.807, 2.05) is 31.2 Å². The van der Waals surface area contributed by atoms with Crippen molar-refractivity contribution in [2.75, 3.05) is 11.9 Å².